The average molecular weight is 394 g/mol. The van der Waals surface area contributed by atoms with Gasteiger partial charge >= 0.3 is 0 Å². The molecule has 2 aromatic rings. The summed E-state index contributed by atoms with van der Waals surface area (Å²) in [5.41, 5.74) is 8.72. The highest BCUT2D eigenvalue weighted by Gasteiger charge is 2.46. The Hall–Kier alpha value is -3.26. The fraction of sp³-hybridized carbons (Fsp3) is 0.214. The van der Waals surface area contributed by atoms with Gasteiger partial charge < -0.3 is 10.1 Å². The second-order valence-corrected chi connectivity index (χ2v) is 8.24. The lowest BCUT2D eigenvalue weighted by Crippen LogP contribution is -2.20. The number of fused-ring (bicyclic) bond motifs is 3. The Morgan fingerprint density at radius 2 is 1.73 bits per heavy atom. The first-order valence-corrected chi connectivity index (χ1v) is 10.8. The van der Waals surface area contributed by atoms with Crippen molar-refractivity contribution >= 4 is 11.1 Å². The number of para-hydroxylation sites is 1. The number of benzene rings is 2. The van der Waals surface area contributed by atoms with Crippen molar-refractivity contribution in [1.29, 1.82) is 0 Å². The van der Waals surface area contributed by atoms with Crippen LogP contribution in [0.5, 0.6) is 5.75 Å². The highest BCUT2D eigenvalue weighted by atomic mass is 16.5. The lowest BCUT2D eigenvalue weighted by atomic mass is 9.76. The normalized spacial score (nSPS) is 24.6. The summed E-state index contributed by atoms with van der Waals surface area (Å²) in [6.07, 6.45) is 15.2. The van der Waals surface area contributed by atoms with Gasteiger partial charge in [-0.15, -0.1) is 0 Å². The van der Waals surface area contributed by atoms with Crippen molar-refractivity contribution in [2.75, 3.05) is 0 Å². The van der Waals surface area contributed by atoms with E-state index in [4.69, 9.17) is 4.74 Å². The topological polar surface area (TPSA) is 21.3 Å². The minimum absolute atomic E-state index is 0.186. The van der Waals surface area contributed by atoms with E-state index in [2.05, 4.69) is 61.4 Å². The van der Waals surface area contributed by atoms with Crippen LogP contribution in [-0.4, -0.2) is 0 Å². The number of rotatable bonds is 2. The van der Waals surface area contributed by atoms with Gasteiger partial charge in [0.05, 0.1) is 6.26 Å². The van der Waals surface area contributed by atoms with Gasteiger partial charge in [-0.3, -0.25) is 0 Å². The molecule has 0 atom stereocenters. The summed E-state index contributed by atoms with van der Waals surface area (Å²) in [6.45, 7) is 6.53. The van der Waals surface area contributed by atoms with Crippen LogP contribution < -0.4 is 10.1 Å². The molecule has 0 bridgehead atoms. The van der Waals surface area contributed by atoms with Crippen LogP contribution in [0.25, 0.3) is 11.1 Å². The zero-order valence-electron chi connectivity index (χ0n) is 17.4. The predicted octanol–water partition coefficient (Wildman–Crippen LogP) is 6.89. The largest absolute Gasteiger partial charge is 0.464 e. The van der Waals surface area contributed by atoms with Crippen LogP contribution in [-0.2, 0) is 5.41 Å². The van der Waals surface area contributed by atoms with Gasteiger partial charge in [-0.1, -0.05) is 68.0 Å². The molecule has 1 aliphatic heterocycles. The van der Waals surface area contributed by atoms with Crippen molar-refractivity contribution in [3.63, 3.8) is 0 Å². The number of ether oxygens (including phenoxy) is 1. The predicted molar refractivity (Wildman–Crippen MR) is 125 cm³/mol. The lowest BCUT2D eigenvalue weighted by molar-refractivity contribution is 0.479. The third-order valence-electron chi connectivity index (χ3n) is 6.73. The van der Waals surface area contributed by atoms with Gasteiger partial charge in [-0.2, -0.15) is 0 Å². The van der Waals surface area contributed by atoms with Crippen molar-refractivity contribution < 1.29 is 4.74 Å². The van der Waals surface area contributed by atoms with Gasteiger partial charge in [0.25, 0.3) is 0 Å². The van der Waals surface area contributed by atoms with E-state index < -0.39 is 0 Å². The van der Waals surface area contributed by atoms with Crippen molar-refractivity contribution in [3.8, 4) is 5.75 Å². The summed E-state index contributed by atoms with van der Waals surface area (Å²) in [6, 6.07) is 17.0. The molecule has 2 aliphatic carbocycles. The summed E-state index contributed by atoms with van der Waals surface area (Å²) in [4.78, 5) is 0. The van der Waals surface area contributed by atoms with Gasteiger partial charge in [0.2, 0.25) is 0 Å². The van der Waals surface area contributed by atoms with E-state index >= 15 is 0 Å². The summed E-state index contributed by atoms with van der Waals surface area (Å²) in [7, 11) is 0. The Morgan fingerprint density at radius 1 is 1.00 bits per heavy atom. The first-order valence-electron chi connectivity index (χ1n) is 10.8. The van der Waals surface area contributed by atoms with Gasteiger partial charge in [0, 0.05) is 34.0 Å². The minimum Gasteiger partial charge on any atom is -0.464 e. The minimum atomic E-state index is 0.186. The quantitative estimate of drug-likeness (QED) is 0.600. The average Bonchev–Trinajstić information content (AvgIpc) is 3.36. The molecule has 30 heavy (non-hydrogen) atoms. The molecule has 1 N–H and O–H groups in total. The van der Waals surface area contributed by atoms with Crippen LogP contribution in [0.15, 0.2) is 97.1 Å². The number of allylic oxidation sites excluding steroid dienone is 6. The second kappa shape index (κ2) is 7.53. The zero-order valence-corrected chi connectivity index (χ0v) is 17.4. The SMILES string of the molecule is C=C1/C(NC=C2/C(=C\C)C3(CCCC3)c3ccccc32)=C\C=C/Oc2ccccc21. The summed E-state index contributed by atoms with van der Waals surface area (Å²) >= 11 is 0. The monoisotopic (exact) mass is 393 g/mol. The van der Waals surface area contributed by atoms with E-state index in [1.807, 2.05) is 30.4 Å². The third-order valence-corrected chi connectivity index (χ3v) is 6.73. The Morgan fingerprint density at radius 3 is 2.53 bits per heavy atom. The number of nitrogens with one attached hydrogen (secondary N) is 1. The molecule has 0 amide bonds. The van der Waals surface area contributed by atoms with Gasteiger partial charge in [-0.05, 0) is 54.7 Å². The maximum Gasteiger partial charge on any atom is 0.134 e. The van der Waals surface area contributed by atoms with Crippen LogP contribution in [0.2, 0.25) is 0 Å². The van der Waals surface area contributed by atoms with Crippen molar-refractivity contribution in [2.45, 2.75) is 38.0 Å². The standard InChI is InChI=1S/C28H27NO/c1-3-24-23(22-12-4-6-13-25(22)28(24)16-8-9-17-28)19-29-26-14-10-18-30-27-15-7-5-11-21(27)20(26)2/h3-7,10-15,18-19,29H,2,8-9,16-17H2,1H3/b18-10-,23-19?,24-3+,26-14+. The van der Waals surface area contributed by atoms with E-state index in [0.717, 1.165) is 22.6 Å². The van der Waals surface area contributed by atoms with Crippen molar-refractivity contribution in [3.05, 3.63) is 114 Å². The number of hydrogen-bond donors (Lipinski definition) is 1. The molecule has 0 radical (unpaired) electrons. The molecule has 1 spiro atoms. The van der Waals surface area contributed by atoms with Crippen LogP contribution in [0.4, 0.5) is 0 Å². The van der Waals surface area contributed by atoms with Crippen molar-refractivity contribution in [1.82, 2.24) is 5.32 Å². The highest BCUT2D eigenvalue weighted by molar-refractivity contribution is 5.90. The molecule has 5 rings (SSSR count). The molecule has 1 fully saturated rings. The molecule has 3 aliphatic rings. The molecule has 0 aromatic heterocycles. The van der Waals surface area contributed by atoms with E-state index in [1.165, 1.54) is 48.0 Å². The van der Waals surface area contributed by atoms with Crippen LogP contribution in [0, 0.1) is 0 Å². The molecule has 2 heteroatoms. The highest BCUT2D eigenvalue weighted by Crippen LogP contribution is 2.57. The number of hydrogen-bond acceptors (Lipinski definition) is 2. The molecule has 150 valence electrons. The van der Waals surface area contributed by atoms with E-state index in [1.54, 1.807) is 6.26 Å². The maximum absolute atomic E-state index is 5.73. The van der Waals surface area contributed by atoms with Gasteiger partial charge in [0.15, 0.2) is 0 Å². The molecule has 0 saturated heterocycles. The van der Waals surface area contributed by atoms with Crippen LogP contribution in [0.3, 0.4) is 0 Å². The van der Waals surface area contributed by atoms with E-state index in [9.17, 15) is 0 Å². The molecular formula is C28H27NO. The Bertz CT molecular complexity index is 1120. The molecular weight excluding hydrogens is 366 g/mol. The first-order chi connectivity index (χ1) is 14.7. The van der Waals surface area contributed by atoms with Gasteiger partial charge in [-0.25, -0.2) is 0 Å². The summed E-state index contributed by atoms with van der Waals surface area (Å²) in [5.74, 6) is 0.823. The molecule has 1 saturated carbocycles. The Labute approximate surface area is 179 Å². The summed E-state index contributed by atoms with van der Waals surface area (Å²) in [5, 5.41) is 3.59. The Balaban J connectivity index is 1.55. The molecule has 1 heterocycles. The third kappa shape index (κ3) is 2.87. The van der Waals surface area contributed by atoms with Gasteiger partial charge in [0.1, 0.15) is 5.75 Å². The molecule has 2 aromatic carbocycles. The van der Waals surface area contributed by atoms with E-state index in [-0.39, 0.29) is 5.41 Å². The summed E-state index contributed by atoms with van der Waals surface area (Å²) < 4.78 is 5.73. The smallest absolute Gasteiger partial charge is 0.134 e. The van der Waals surface area contributed by atoms with Crippen LogP contribution >= 0.6 is 0 Å². The lowest BCUT2D eigenvalue weighted by Gasteiger charge is -2.27. The zero-order chi connectivity index (χ0) is 20.6. The van der Waals surface area contributed by atoms with E-state index in [0.29, 0.717) is 0 Å². The first kappa shape index (κ1) is 18.7. The Kier molecular flexibility index (Phi) is 4.71. The molecule has 0 unspecified atom stereocenters. The fourth-order valence-electron chi connectivity index (χ4n) is 5.39. The fourth-order valence-corrected chi connectivity index (χ4v) is 5.39. The maximum atomic E-state index is 5.73. The van der Waals surface area contributed by atoms with Crippen LogP contribution in [0.1, 0.15) is 49.3 Å². The second-order valence-electron chi connectivity index (χ2n) is 8.24. The molecule has 2 nitrogen and oxygen atoms in total. The van der Waals surface area contributed by atoms with Crippen molar-refractivity contribution in [2.24, 2.45) is 0 Å².